The van der Waals surface area contributed by atoms with Gasteiger partial charge in [-0.3, -0.25) is 19.3 Å². The Morgan fingerprint density at radius 3 is 2.26 bits per heavy atom. The van der Waals surface area contributed by atoms with Gasteiger partial charge in [-0.15, -0.1) is 0 Å². The Hall–Kier alpha value is -4.04. The van der Waals surface area contributed by atoms with Gasteiger partial charge in [0.25, 0.3) is 11.8 Å². The molecule has 0 spiro atoms. The molecular formula is C27H27FN4O3. The highest BCUT2D eigenvalue weighted by Crippen LogP contribution is 2.18. The molecule has 0 aliphatic carbocycles. The van der Waals surface area contributed by atoms with Crippen molar-refractivity contribution >= 4 is 29.1 Å². The Morgan fingerprint density at radius 2 is 1.54 bits per heavy atom. The predicted molar refractivity (Wildman–Crippen MR) is 133 cm³/mol. The fourth-order valence-electron chi connectivity index (χ4n) is 3.92. The lowest BCUT2D eigenvalue weighted by molar-refractivity contribution is -0.117. The molecule has 8 heteroatoms. The molecule has 180 valence electrons. The number of nitrogens with zero attached hydrogens (tertiary/aromatic N) is 2. The minimum Gasteiger partial charge on any atom is -0.336 e. The normalized spacial score (nSPS) is 13.8. The number of aryl methyl sites for hydroxylation is 1. The van der Waals surface area contributed by atoms with E-state index in [1.54, 1.807) is 60.4 Å². The topological polar surface area (TPSA) is 81.8 Å². The molecule has 3 amide bonds. The first kappa shape index (κ1) is 24.1. The van der Waals surface area contributed by atoms with Crippen molar-refractivity contribution in [2.24, 2.45) is 0 Å². The molecule has 7 nitrogen and oxygen atoms in total. The number of carbonyl (C=O) groups is 3. The Balaban J connectivity index is 1.31. The largest absolute Gasteiger partial charge is 0.336 e. The molecule has 1 heterocycles. The van der Waals surface area contributed by atoms with Crippen LogP contribution in [-0.4, -0.2) is 60.2 Å². The maximum Gasteiger partial charge on any atom is 0.257 e. The summed E-state index contributed by atoms with van der Waals surface area (Å²) in [5.41, 5.74) is 2.28. The molecule has 0 saturated carbocycles. The van der Waals surface area contributed by atoms with E-state index in [-0.39, 0.29) is 24.3 Å². The zero-order valence-corrected chi connectivity index (χ0v) is 19.5. The first-order valence-corrected chi connectivity index (χ1v) is 11.4. The minimum atomic E-state index is -0.399. The van der Waals surface area contributed by atoms with Crippen molar-refractivity contribution in [1.82, 2.24) is 9.80 Å². The van der Waals surface area contributed by atoms with Crippen molar-refractivity contribution in [2.45, 2.75) is 6.92 Å². The quantitative estimate of drug-likeness (QED) is 0.570. The van der Waals surface area contributed by atoms with Gasteiger partial charge in [0.05, 0.1) is 17.8 Å². The first-order valence-electron chi connectivity index (χ1n) is 11.4. The van der Waals surface area contributed by atoms with Gasteiger partial charge in [0.1, 0.15) is 5.82 Å². The molecule has 0 aromatic heterocycles. The van der Waals surface area contributed by atoms with E-state index in [4.69, 9.17) is 0 Å². The van der Waals surface area contributed by atoms with E-state index in [1.807, 2.05) is 23.1 Å². The lowest BCUT2D eigenvalue weighted by Gasteiger charge is -2.34. The van der Waals surface area contributed by atoms with Gasteiger partial charge in [-0.05, 0) is 48.9 Å². The van der Waals surface area contributed by atoms with Gasteiger partial charge in [0.15, 0.2) is 0 Å². The smallest absolute Gasteiger partial charge is 0.257 e. The summed E-state index contributed by atoms with van der Waals surface area (Å²) in [6.07, 6.45) is 0. The molecule has 1 saturated heterocycles. The lowest BCUT2D eigenvalue weighted by atomic mass is 10.1. The van der Waals surface area contributed by atoms with E-state index < -0.39 is 5.82 Å². The van der Waals surface area contributed by atoms with E-state index in [0.717, 1.165) is 0 Å². The van der Waals surface area contributed by atoms with Crippen LogP contribution in [0.4, 0.5) is 15.8 Å². The van der Waals surface area contributed by atoms with Crippen LogP contribution in [0.25, 0.3) is 0 Å². The summed E-state index contributed by atoms with van der Waals surface area (Å²) >= 11 is 0. The van der Waals surface area contributed by atoms with Crippen molar-refractivity contribution in [1.29, 1.82) is 0 Å². The average Bonchev–Trinajstić information content (AvgIpc) is 2.86. The second-order valence-electron chi connectivity index (χ2n) is 8.45. The van der Waals surface area contributed by atoms with Crippen molar-refractivity contribution < 1.29 is 18.8 Å². The molecular weight excluding hydrogens is 447 g/mol. The summed E-state index contributed by atoms with van der Waals surface area (Å²) in [5, 5.41) is 5.66. The molecule has 35 heavy (non-hydrogen) atoms. The van der Waals surface area contributed by atoms with Crippen LogP contribution in [0.1, 0.15) is 26.3 Å². The second-order valence-corrected chi connectivity index (χ2v) is 8.45. The average molecular weight is 475 g/mol. The van der Waals surface area contributed by atoms with Gasteiger partial charge in [0, 0.05) is 37.4 Å². The summed E-state index contributed by atoms with van der Waals surface area (Å²) in [6, 6.07) is 20.4. The van der Waals surface area contributed by atoms with E-state index >= 15 is 0 Å². The van der Waals surface area contributed by atoms with Crippen LogP contribution in [0.2, 0.25) is 0 Å². The summed E-state index contributed by atoms with van der Waals surface area (Å²) in [6.45, 7) is 3.71. The molecule has 1 aliphatic rings. The highest BCUT2D eigenvalue weighted by molar-refractivity contribution is 6.10. The Labute approximate surface area is 203 Å². The number of anilines is 2. The van der Waals surface area contributed by atoms with Gasteiger partial charge in [-0.25, -0.2) is 4.39 Å². The Morgan fingerprint density at radius 1 is 0.857 bits per heavy atom. The zero-order chi connectivity index (χ0) is 24.8. The van der Waals surface area contributed by atoms with Crippen molar-refractivity contribution in [3.05, 3.63) is 95.3 Å². The van der Waals surface area contributed by atoms with Gasteiger partial charge in [0.2, 0.25) is 5.91 Å². The van der Waals surface area contributed by atoms with E-state index in [9.17, 15) is 18.8 Å². The molecule has 2 N–H and O–H groups in total. The lowest BCUT2D eigenvalue weighted by Crippen LogP contribution is -2.50. The third-order valence-corrected chi connectivity index (χ3v) is 5.92. The number of para-hydroxylation sites is 2. The Kier molecular flexibility index (Phi) is 7.52. The van der Waals surface area contributed by atoms with Gasteiger partial charge in [-0.2, -0.15) is 0 Å². The molecule has 3 aromatic rings. The Bertz CT molecular complexity index is 1220. The summed E-state index contributed by atoms with van der Waals surface area (Å²) < 4.78 is 13.8. The SMILES string of the molecule is Cc1ccc(C(=O)N2CCN(CC(=O)Nc3ccccc3C(=O)Nc3ccccc3)CC2)cc1F. The minimum absolute atomic E-state index is 0.135. The zero-order valence-electron chi connectivity index (χ0n) is 19.5. The van der Waals surface area contributed by atoms with Crippen LogP contribution >= 0.6 is 0 Å². The number of hydrogen-bond donors (Lipinski definition) is 2. The fraction of sp³-hybridized carbons (Fsp3) is 0.222. The van der Waals surface area contributed by atoms with Crippen molar-refractivity contribution in [3.63, 3.8) is 0 Å². The molecule has 1 aliphatic heterocycles. The van der Waals surface area contributed by atoms with E-state index in [1.165, 1.54) is 6.07 Å². The van der Waals surface area contributed by atoms with Crippen molar-refractivity contribution in [2.75, 3.05) is 43.4 Å². The van der Waals surface area contributed by atoms with Gasteiger partial charge >= 0.3 is 0 Å². The number of benzene rings is 3. The third kappa shape index (κ3) is 6.10. The maximum absolute atomic E-state index is 13.8. The maximum atomic E-state index is 13.8. The molecule has 0 bridgehead atoms. The van der Waals surface area contributed by atoms with Crippen LogP contribution in [0, 0.1) is 12.7 Å². The molecule has 0 radical (unpaired) electrons. The fourth-order valence-corrected chi connectivity index (χ4v) is 3.92. The summed E-state index contributed by atoms with van der Waals surface area (Å²) in [7, 11) is 0. The second kappa shape index (κ2) is 10.9. The number of carbonyl (C=O) groups excluding carboxylic acids is 3. The molecule has 4 rings (SSSR count). The number of rotatable bonds is 6. The molecule has 1 fully saturated rings. The standard InChI is InChI=1S/C27H27FN4O3/c1-19-11-12-20(17-23(19)28)27(35)32-15-13-31(14-16-32)18-25(33)30-24-10-6-5-9-22(24)26(34)29-21-7-3-2-4-8-21/h2-12,17H,13-16,18H2,1H3,(H,29,34)(H,30,33). The number of piperazine rings is 1. The van der Waals surface area contributed by atoms with E-state index in [0.29, 0.717) is 54.2 Å². The predicted octanol–water partition coefficient (Wildman–Crippen LogP) is 3.78. The van der Waals surface area contributed by atoms with Crippen LogP contribution in [0.3, 0.4) is 0 Å². The highest BCUT2D eigenvalue weighted by atomic mass is 19.1. The van der Waals surface area contributed by atoms with Crippen molar-refractivity contribution in [3.8, 4) is 0 Å². The monoisotopic (exact) mass is 474 g/mol. The first-order chi connectivity index (χ1) is 16.9. The molecule has 0 atom stereocenters. The van der Waals surface area contributed by atoms with Gasteiger partial charge < -0.3 is 15.5 Å². The van der Waals surface area contributed by atoms with Crippen LogP contribution in [0.15, 0.2) is 72.8 Å². The van der Waals surface area contributed by atoms with Crippen LogP contribution < -0.4 is 10.6 Å². The van der Waals surface area contributed by atoms with Crippen LogP contribution in [0.5, 0.6) is 0 Å². The van der Waals surface area contributed by atoms with E-state index in [2.05, 4.69) is 10.6 Å². The number of halogens is 1. The number of amides is 3. The van der Waals surface area contributed by atoms with Crippen LogP contribution in [-0.2, 0) is 4.79 Å². The summed E-state index contributed by atoms with van der Waals surface area (Å²) in [5.74, 6) is -1.17. The molecule has 3 aromatic carbocycles. The van der Waals surface area contributed by atoms with Gasteiger partial charge in [-0.1, -0.05) is 36.4 Å². The number of nitrogens with one attached hydrogen (secondary N) is 2. The number of hydrogen-bond acceptors (Lipinski definition) is 4. The summed E-state index contributed by atoms with van der Waals surface area (Å²) in [4.78, 5) is 41.7. The molecule has 0 unspecified atom stereocenters. The highest BCUT2D eigenvalue weighted by Gasteiger charge is 2.24. The third-order valence-electron chi connectivity index (χ3n) is 5.92.